The van der Waals surface area contributed by atoms with E-state index >= 15 is 0 Å². The molecule has 0 unspecified atom stereocenters. The molecule has 222 valence electrons. The van der Waals surface area contributed by atoms with Crippen molar-refractivity contribution in [1.82, 2.24) is 9.88 Å². The molecule has 11 heteroatoms. The van der Waals surface area contributed by atoms with E-state index in [2.05, 4.69) is 14.8 Å². The monoisotopic (exact) mass is 601 g/mol. The highest BCUT2D eigenvalue weighted by molar-refractivity contribution is 7.21. The molecular formula is C32H31N3O7S. The summed E-state index contributed by atoms with van der Waals surface area (Å²) in [6.45, 7) is 3.47. The van der Waals surface area contributed by atoms with Gasteiger partial charge in [-0.1, -0.05) is 12.1 Å². The van der Waals surface area contributed by atoms with Crippen LogP contribution in [-0.4, -0.2) is 61.4 Å². The number of para-hydroxylation sites is 1. The smallest absolute Gasteiger partial charge is 0.306 e. The van der Waals surface area contributed by atoms with Crippen LogP contribution in [0.15, 0.2) is 80.4 Å². The average Bonchev–Trinajstić information content (AvgIpc) is 3.70. The lowest BCUT2D eigenvalue weighted by Crippen LogP contribution is -2.46. The first-order valence-corrected chi connectivity index (χ1v) is 14.7. The number of carbonyl (C=O) groups excluding carboxylic acids is 1. The van der Waals surface area contributed by atoms with Crippen LogP contribution >= 0.6 is 11.3 Å². The largest absolute Gasteiger partial charge is 0.502 e. The number of aromatic hydroxyl groups is 1. The summed E-state index contributed by atoms with van der Waals surface area (Å²) in [6.07, 6.45) is -0.191. The molecule has 0 radical (unpaired) electrons. The summed E-state index contributed by atoms with van der Waals surface area (Å²) in [6, 6.07) is 20.5. The van der Waals surface area contributed by atoms with Gasteiger partial charge in [0.05, 0.1) is 43.3 Å². The molecule has 43 heavy (non-hydrogen) atoms. The summed E-state index contributed by atoms with van der Waals surface area (Å²) in [7, 11) is 2.93. The number of hydrogen-bond donors (Lipinski definition) is 1. The zero-order valence-corrected chi connectivity index (χ0v) is 24.6. The van der Waals surface area contributed by atoms with Crippen LogP contribution in [0.25, 0.3) is 21.0 Å². The van der Waals surface area contributed by atoms with E-state index in [1.54, 1.807) is 19.2 Å². The van der Waals surface area contributed by atoms with Gasteiger partial charge >= 0.3 is 5.97 Å². The molecule has 0 spiro atoms. The second kappa shape index (κ2) is 12.3. The molecular weight excluding hydrogens is 570 g/mol. The van der Waals surface area contributed by atoms with Gasteiger partial charge in [-0.25, -0.2) is 4.98 Å². The lowest BCUT2D eigenvalue weighted by molar-refractivity contribution is -0.141. The molecule has 1 atom stereocenters. The maximum atomic E-state index is 12.9. The number of thiazole rings is 1. The Labute approximate surface area is 251 Å². The molecule has 1 fully saturated rings. The second-order valence-corrected chi connectivity index (χ2v) is 11.3. The van der Waals surface area contributed by atoms with Gasteiger partial charge in [-0.05, 0) is 48.5 Å². The van der Waals surface area contributed by atoms with Crippen molar-refractivity contribution in [3.8, 4) is 22.3 Å². The number of methoxy groups -OCH3 is 2. The number of ether oxygens (including phenoxy) is 2. The topological polar surface area (TPSA) is 118 Å². The Morgan fingerprint density at radius 1 is 1.02 bits per heavy atom. The molecule has 1 aliphatic rings. The summed E-state index contributed by atoms with van der Waals surface area (Å²) < 4.78 is 23.5. The maximum absolute atomic E-state index is 12.9. The van der Waals surface area contributed by atoms with Crippen molar-refractivity contribution in [2.24, 2.45) is 0 Å². The number of anilines is 1. The van der Waals surface area contributed by atoms with Crippen LogP contribution in [-0.2, 0) is 16.1 Å². The number of carbonyl (C=O) groups is 1. The molecule has 3 aromatic heterocycles. The average molecular weight is 602 g/mol. The van der Waals surface area contributed by atoms with Gasteiger partial charge < -0.3 is 28.3 Å². The van der Waals surface area contributed by atoms with Crippen LogP contribution in [0.4, 0.5) is 5.69 Å². The fraction of sp³-hybridized carbons (Fsp3) is 0.281. The minimum atomic E-state index is -0.879. The van der Waals surface area contributed by atoms with E-state index in [4.69, 9.17) is 18.3 Å². The van der Waals surface area contributed by atoms with Crippen LogP contribution in [0.2, 0.25) is 0 Å². The number of benzene rings is 2. The third-order valence-electron chi connectivity index (χ3n) is 7.58. The van der Waals surface area contributed by atoms with E-state index in [9.17, 15) is 14.7 Å². The first kappa shape index (κ1) is 28.5. The molecule has 1 N–H and O–H groups in total. The fourth-order valence-corrected chi connectivity index (χ4v) is 6.18. The quantitative estimate of drug-likeness (QED) is 0.225. The highest BCUT2D eigenvalue weighted by Gasteiger charge is 2.30. The highest BCUT2D eigenvalue weighted by Crippen LogP contribution is 2.38. The standard InChI is InChI=1S/C32H31N3O7S/c1-39-21-9-7-20(8-10-21)35-15-13-34(14-16-35)19-22-17-25(36)30(38)31(41-22)23(18-29(37)40-2)26-11-12-27(42-26)32-33-24-5-3-4-6-28(24)43-32/h3-12,17,23,38H,13-16,18-19H2,1-2H3/t23-/m0/s1. The molecule has 0 bridgehead atoms. The van der Waals surface area contributed by atoms with Crippen LogP contribution in [0.5, 0.6) is 11.5 Å². The molecule has 0 aliphatic carbocycles. The fourth-order valence-electron chi connectivity index (χ4n) is 5.25. The summed E-state index contributed by atoms with van der Waals surface area (Å²) in [5.41, 5.74) is 1.39. The van der Waals surface area contributed by atoms with Crippen molar-refractivity contribution in [3.63, 3.8) is 0 Å². The lowest BCUT2D eigenvalue weighted by atomic mass is 9.98. The van der Waals surface area contributed by atoms with E-state index < -0.39 is 23.1 Å². The molecule has 6 rings (SSSR count). The van der Waals surface area contributed by atoms with Crippen molar-refractivity contribution in [2.45, 2.75) is 18.9 Å². The second-order valence-electron chi connectivity index (χ2n) is 10.3. The van der Waals surface area contributed by atoms with Crippen molar-refractivity contribution in [1.29, 1.82) is 0 Å². The molecule has 4 heterocycles. The van der Waals surface area contributed by atoms with Gasteiger partial charge in [0.25, 0.3) is 0 Å². The summed E-state index contributed by atoms with van der Waals surface area (Å²) in [5.74, 6) is 0.0642. The van der Waals surface area contributed by atoms with Crippen molar-refractivity contribution in [3.05, 3.63) is 94.2 Å². The number of rotatable bonds is 9. The van der Waals surface area contributed by atoms with E-state index in [0.717, 1.165) is 47.8 Å². The molecule has 0 saturated carbocycles. The molecule has 1 saturated heterocycles. The maximum Gasteiger partial charge on any atom is 0.306 e. The first-order chi connectivity index (χ1) is 20.9. The van der Waals surface area contributed by atoms with E-state index in [1.807, 2.05) is 48.5 Å². The van der Waals surface area contributed by atoms with Gasteiger partial charge in [0.2, 0.25) is 11.2 Å². The number of esters is 1. The Morgan fingerprint density at radius 3 is 2.51 bits per heavy atom. The summed E-state index contributed by atoms with van der Waals surface area (Å²) >= 11 is 1.48. The summed E-state index contributed by atoms with van der Waals surface area (Å²) in [4.78, 5) is 34.5. The van der Waals surface area contributed by atoms with Crippen molar-refractivity contribution < 1.29 is 28.2 Å². The third-order valence-corrected chi connectivity index (χ3v) is 8.63. The number of nitrogens with zero attached hydrogens (tertiary/aromatic N) is 3. The van der Waals surface area contributed by atoms with Gasteiger partial charge in [-0.2, -0.15) is 0 Å². The van der Waals surface area contributed by atoms with Crippen molar-refractivity contribution in [2.75, 3.05) is 45.3 Å². The number of piperazine rings is 1. The minimum absolute atomic E-state index is 0.0324. The summed E-state index contributed by atoms with van der Waals surface area (Å²) in [5, 5.41) is 11.5. The van der Waals surface area contributed by atoms with Crippen molar-refractivity contribution >= 4 is 33.2 Å². The van der Waals surface area contributed by atoms with Gasteiger partial charge in [0.15, 0.2) is 16.5 Å². The SMILES string of the molecule is COC(=O)C[C@@H](c1ccc(-c2nc3ccccc3s2)o1)c1oc(CN2CCN(c3ccc(OC)cc3)CC2)cc(=O)c1O. The van der Waals surface area contributed by atoms with Crippen LogP contribution < -0.4 is 15.1 Å². The normalized spacial score (nSPS) is 14.6. The van der Waals surface area contributed by atoms with E-state index in [1.165, 1.54) is 24.5 Å². The Balaban J connectivity index is 1.23. The zero-order valence-electron chi connectivity index (χ0n) is 23.8. The Kier molecular flexibility index (Phi) is 8.17. The van der Waals surface area contributed by atoms with Crippen LogP contribution in [0.1, 0.15) is 29.6 Å². The zero-order chi connectivity index (χ0) is 29.9. The Hall–Kier alpha value is -4.61. The number of hydrogen-bond acceptors (Lipinski definition) is 11. The van der Waals surface area contributed by atoms with Gasteiger partial charge in [0, 0.05) is 37.9 Å². The molecule has 10 nitrogen and oxygen atoms in total. The van der Waals surface area contributed by atoms with Gasteiger partial charge in [-0.15, -0.1) is 11.3 Å². The lowest BCUT2D eigenvalue weighted by Gasteiger charge is -2.35. The van der Waals surface area contributed by atoms with Crippen LogP contribution in [0.3, 0.4) is 0 Å². The van der Waals surface area contributed by atoms with E-state index in [-0.39, 0.29) is 12.2 Å². The Morgan fingerprint density at radius 2 is 1.79 bits per heavy atom. The molecule has 2 aromatic carbocycles. The minimum Gasteiger partial charge on any atom is -0.502 e. The van der Waals surface area contributed by atoms with Gasteiger partial charge in [0.1, 0.15) is 17.3 Å². The molecule has 0 amide bonds. The van der Waals surface area contributed by atoms with Gasteiger partial charge in [-0.3, -0.25) is 14.5 Å². The third kappa shape index (κ3) is 6.13. The number of furan rings is 1. The predicted molar refractivity (Wildman–Crippen MR) is 163 cm³/mol. The molecule has 5 aromatic rings. The number of aromatic nitrogens is 1. The molecule has 1 aliphatic heterocycles. The Bertz CT molecular complexity index is 1750. The number of fused-ring (bicyclic) bond motifs is 1. The van der Waals surface area contributed by atoms with E-state index in [0.29, 0.717) is 28.8 Å². The highest BCUT2D eigenvalue weighted by atomic mass is 32.1. The van der Waals surface area contributed by atoms with Crippen LogP contribution in [0, 0.1) is 0 Å². The first-order valence-electron chi connectivity index (χ1n) is 13.9. The predicted octanol–water partition coefficient (Wildman–Crippen LogP) is 5.24.